The van der Waals surface area contributed by atoms with Gasteiger partial charge in [-0.25, -0.2) is 0 Å². The van der Waals surface area contributed by atoms with Crippen molar-refractivity contribution in [2.45, 2.75) is 13.0 Å². The second-order valence-corrected chi connectivity index (χ2v) is 5.53. The van der Waals surface area contributed by atoms with Crippen molar-refractivity contribution >= 4 is 5.91 Å². The number of nitrogens with zero attached hydrogens (tertiary/aromatic N) is 2. The van der Waals surface area contributed by atoms with Crippen LogP contribution in [-0.4, -0.2) is 17.4 Å². The molecule has 0 spiro atoms. The molecule has 26 heavy (non-hydrogen) atoms. The summed E-state index contributed by atoms with van der Waals surface area (Å²) >= 11 is 0. The second-order valence-electron chi connectivity index (χ2n) is 5.53. The molecule has 1 N–H and O–H groups in total. The van der Waals surface area contributed by atoms with E-state index in [-0.39, 0.29) is 18.3 Å². The third-order valence-electron chi connectivity index (χ3n) is 3.70. The number of aromatic nitrogens is 1. The number of pyridine rings is 1. The van der Waals surface area contributed by atoms with Crippen LogP contribution in [0, 0.1) is 11.3 Å². The van der Waals surface area contributed by atoms with Crippen LogP contribution in [0.25, 0.3) is 0 Å². The maximum Gasteiger partial charge on any atom is 0.287 e. The largest absolute Gasteiger partial charge is 0.489 e. The van der Waals surface area contributed by atoms with Gasteiger partial charge in [-0.1, -0.05) is 12.1 Å². The summed E-state index contributed by atoms with van der Waals surface area (Å²) in [5.41, 5.74) is 2.07. The lowest BCUT2D eigenvalue weighted by Crippen LogP contribution is -2.26. The Bertz CT molecular complexity index is 913. The lowest BCUT2D eigenvalue weighted by Gasteiger charge is -2.07. The molecule has 0 atom stereocenters. The van der Waals surface area contributed by atoms with Gasteiger partial charge in [0.25, 0.3) is 5.91 Å². The minimum atomic E-state index is -0.296. The van der Waals surface area contributed by atoms with E-state index in [0.717, 1.165) is 5.69 Å². The lowest BCUT2D eigenvalue weighted by molar-refractivity contribution is 0.0923. The molecule has 6 heteroatoms. The monoisotopic (exact) mass is 347 g/mol. The normalized spacial score (nSPS) is 10.1. The Morgan fingerprint density at radius 1 is 1.23 bits per heavy atom. The van der Waals surface area contributed by atoms with Gasteiger partial charge < -0.3 is 14.5 Å². The highest BCUT2D eigenvalue weighted by molar-refractivity contribution is 5.92. The molecule has 1 amide bonds. The van der Waals surface area contributed by atoms with E-state index in [4.69, 9.17) is 14.4 Å². The Balaban J connectivity index is 1.55. The van der Waals surface area contributed by atoms with Crippen LogP contribution >= 0.6 is 0 Å². The number of rotatable bonds is 7. The first-order chi connectivity index (χ1) is 12.8. The van der Waals surface area contributed by atoms with Crippen LogP contribution < -0.4 is 10.1 Å². The molecule has 0 unspecified atom stereocenters. The number of nitriles is 1. The maximum absolute atomic E-state index is 12.3. The summed E-state index contributed by atoms with van der Waals surface area (Å²) in [6.07, 6.45) is 3.82. The van der Waals surface area contributed by atoms with Gasteiger partial charge in [0.1, 0.15) is 12.4 Å². The van der Waals surface area contributed by atoms with Gasteiger partial charge in [-0.15, -0.1) is 0 Å². The predicted octanol–water partition coefficient (Wildman–Crippen LogP) is 3.10. The number of amides is 1. The van der Waals surface area contributed by atoms with Crippen molar-refractivity contribution in [1.82, 2.24) is 10.3 Å². The summed E-state index contributed by atoms with van der Waals surface area (Å²) in [4.78, 5) is 16.5. The molecule has 130 valence electrons. The van der Waals surface area contributed by atoms with E-state index in [2.05, 4.69) is 16.4 Å². The van der Waals surface area contributed by atoms with Gasteiger partial charge in [-0.3, -0.25) is 9.78 Å². The van der Waals surface area contributed by atoms with E-state index in [1.807, 2.05) is 18.2 Å². The smallest absolute Gasteiger partial charge is 0.287 e. The predicted molar refractivity (Wildman–Crippen MR) is 94.5 cm³/mol. The average molecular weight is 347 g/mol. The van der Waals surface area contributed by atoms with Gasteiger partial charge in [0.2, 0.25) is 0 Å². The van der Waals surface area contributed by atoms with E-state index in [0.29, 0.717) is 29.8 Å². The third kappa shape index (κ3) is 4.48. The first-order valence-electron chi connectivity index (χ1n) is 8.13. The van der Waals surface area contributed by atoms with Crippen molar-refractivity contribution in [3.8, 4) is 11.8 Å². The summed E-state index contributed by atoms with van der Waals surface area (Å²) in [5, 5.41) is 11.7. The van der Waals surface area contributed by atoms with E-state index < -0.39 is 0 Å². The number of ether oxygens (including phenoxy) is 1. The fraction of sp³-hybridized carbons (Fsp3) is 0.150. The van der Waals surface area contributed by atoms with Gasteiger partial charge in [0, 0.05) is 30.4 Å². The maximum atomic E-state index is 12.3. The third-order valence-corrected chi connectivity index (χ3v) is 3.70. The fourth-order valence-electron chi connectivity index (χ4n) is 2.40. The minimum Gasteiger partial charge on any atom is -0.489 e. The summed E-state index contributed by atoms with van der Waals surface area (Å²) in [6.45, 7) is 0.634. The molecule has 0 aliphatic heterocycles. The Morgan fingerprint density at radius 3 is 2.96 bits per heavy atom. The lowest BCUT2D eigenvalue weighted by atomic mass is 10.2. The topological polar surface area (TPSA) is 88.1 Å². The minimum absolute atomic E-state index is 0.175. The molecule has 0 fully saturated rings. The number of nitrogens with one attached hydrogen (secondary N) is 1. The number of furan rings is 1. The summed E-state index contributed by atoms with van der Waals surface area (Å²) in [7, 11) is 0. The molecule has 1 aromatic carbocycles. The van der Waals surface area contributed by atoms with Gasteiger partial charge in [0.05, 0.1) is 17.9 Å². The second kappa shape index (κ2) is 8.49. The highest BCUT2D eigenvalue weighted by atomic mass is 16.5. The molecule has 0 bridgehead atoms. The number of carbonyl (C=O) groups excluding carboxylic acids is 1. The first-order valence-corrected chi connectivity index (χ1v) is 8.13. The van der Waals surface area contributed by atoms with Crippen molar-refractivity contribution < 1.29 is 13.9 Å². The van der Waals surface area contributed by atoms with Crippen molar-refractivity contribution in [1.29, 1.82) is 5.26 Å². The van der Waals surface area contributed by atoms with Gasteiger partial charge in [-0.05, 0) is 36.4 Å². The number of hydrogen-bond donors (Lipinski definition) is 1. The summed E-state index contributed by atoms with van der Waals surface area (Å²) in [6, 6.07) is 16.3. The number of hydrogen-bond acceptors (Lipinski definition) is 5. The highest BCUT2D eigenvalue weighted by Crippen LogP contribution is 2.17. The molecule has 0 radical (unpaired) electrons. The Kier molecular flexibility index (Phi) is 5.63. The van der Waals surface area contributed by atoms with E-state index in [1.165, 1.54) is 6.26 Å². The molecular formula is C20H17N3O3. The molecule has 0 aliphatic carbocycles. The zero-order chi connectivity index (χ0) is 18.2. The van der Waals surface area contributed by atoms with E-state index in [1.54, 1.807) is 36.5 Å². The molecule has 2 aromatic heterocycles. The van der Waals surface area contributed by atoms with Crippen LogP contribution in [0.15, 0.2) is 65.4 Å². The van der Waals surface area contributed by atoms with Crippen molar-refractivity contribution in [2.75, 3.05) is 6.54 Å². The van der Waals surface area contributed by atoms with Crippen LogP contribution in [0.2, 0.25) is 0 Å². The summed E-state index contributed by atoms with van der Waals surface area (Å²) < 4.78 is 11.0. The van der Waals surface area contributed by atoms with Crippen LogP contribution in [-0.2, 0) is 13.0 Å². The number of benzene rings is 1. The Labute approximate surface area is 151 Å². The van der Waals surface area contributed by atoms with Gasteiger partial charge in [0.15, 0.2) is 5.76 Å². The first kappa shape index (κ1) is 17.2. The molecule has 0 saturated carbocycles. The summed E-state index contributed by atoms with van der Waals surface area (Å²) in [5.74, 6) is 0.490. The van der Waals surface area contributed by atoms with E-state index in [9.17, 15) is 4.79 Å². The zero-order valence-corrected chi connectivity index (χ0v) is 14.0. The number of carbonyl (C=O) groups is 1. The average Bonchev–Trinajstić information content (AvgIpc) is 3.16. The Morgan fingerprint density at radius 2 is 2.15 bits per heavy atom. The van der Waals surface area contributed by atoms with Gasteiger partial charge in [-0.2, -0.15) is 5.26 Å². The molecule has 6 nitrogen and oxygen atoms in total. The SMILES string of the molecule is N#Cc1cccc(OCc2ccoc2C(=O)NCCc2ccccn2)c1. The molecule has 0 saturated heterocycles. The fourth-order valence-corrected chi connectivity index (χ4v) is 2.40. The van der Waals surface area contributed by atoms with Crippen molar-refractivity contribution in [3.63, 3.8) is 0 Å². The van der Waals surface area contributed by atoms with Crippen LogP contribution in [0.5, 0.6) is 5.75 Å². The molecule has 3 aromatic rings. The molecule has 2 heterocycles. The standard InChI is InChI=1S/C20H17N3O3/c21-13-15-4-3-6-18(12-15)26-14-16-8-11-25-19(16)20(24)23-10-7-17-5-1-2-9-22-17/h1-6,8-9,11-12H,7,10,14H2,(H,23,24). The van der Waals surface area contributed by atoms with E-state index >= 15 is 0 Å². The van der Waals surface area contributed by atoms with Crippen molar-refractivity contribution in [3.05, 3.63) is 83.6 Å². The highest BCUT2D eigenvalue weighted by Gasteiger charge is 2.15. The quantitative estimate of drug-likeness (QED) is 0.709. The molecule has 0 aliphatic rings. The van der Waals surface area contributed by atoms with Gasteiger partial charge >= 0.3 is 0 Å². The van der Waals surface area contributed by atoms with Crippen LogP contribution in [0.3, 0.4) is 0 Å². The van der Waals surface area contributed by atoms with Crippen LogP contribution in [0.1, 0.15) is 27.4 Å². The van der Waals surface area contributed by atoms with Crippen molar-refractivity contribution in [2.24, 2.45) is 0 Å². The zero-order valence-electron chi connectivity index (χ0n) is 14.0. The molecule has 3 rings (SSSR count). The Hall–Kier alpha value is -3.59. The van der Waals surface area contributed by atoms with Crippen LogP contribution in [0.4, 0.5) is 0 Å². The molecular weight excluding hydrogens is 330 g/mol.